The summed E-state index contributed by atoms with van der Waals surface area (Å²) in [6, 6.07) is 26.7. The van der Waals surface area contributed by atoms with Gasteiger partial charge in [-0.25, -0.2) is 9.78 Å². The highest BCUT2D eigenvalue weighted by Crippen LogP contribution is 2.35. The predicted molar refractivity (Wildman–Crippen MR) is 120 cm³/mol. The topological polar surface area (TPSA) is 92.8 Å². The molecule has 1 unspecified atom stereocenters. The number of nitrogens with zero attached hydrogens (tertiary/aromatic N) is 1. The second-order valence-electron chi connectivity index (χ2n) is 7.38. The highest BCUT2D eigenvalue weighted by atomic mass is 16.5. The van der Waals surface area contributed by atoms with Crippen LogP contribution in [0.25, 0.3) is 22.6 Å². The zero-order valence-electron chi connectivity index (χ0n) is 17.3. The van der Waals surface area contributed by atoms with Gasteiger partial charge >= 0.3 is 5.97 Å². The van der Waals surface area contributed by atoms with E-state index < -0.39 is 12.6 Å². The van der Waals surface area contributed by atoms with Crippen LogP contribution in [0.1, 0.15) is 17.4 Å². The largest absolute Gasteiger partial charge is 0.482 e. The quantitative estimate of drug-likeness (QED) is 0.397. The number of aromatic nitrogens is 1. The zero-order chi connectivity index (χ0) is 22.3. The standard InChI is InChI=1S/C26H23NO5/c28-16-21(14-18-8-7-13-22(15-18)31-17-23(29)30)26-27-24(19-9-3-1-4-10-19)25(32-26)20-11-5-2-6-12-20/h1-13,15,21,28H,14,16-17H2,(H,29,30). The van der Waals surface area contributed by atoms with Gasteiger partial charge in [0.1, 0.15) is 11.4 Å². The summed E-state index contributed by atoms with van der Waals surface area (Å²) in [4.78, 5) is 15.5. The maximum Gasteiger partial charge on any atom is 0.341 e. The van der Waals surface area contributed by atoms with E-state index in [-0.39, 0.29) is 12.5 Å². The lowest BCUT2D eigenvalue weighted by Crippen LogP contribution is -2.10. The second-order valence-corrected chi connectivity index (χ2v) is 7.38. The van der Waals surface area contributed by atoms with Crippen LogP contribution in [0.4, 0.5) is 0 Å². The van der Waals surface area contributed by atoms with E-state index in [0.29, 0.717) is 23.8 Å². The molecule has 3 aromatic carbocycles. The van der Waals surface area contributed by atoms with E-state index in [0.717, 1.165) is 22.4 Å². The van der Waals surface area contributed by atoms with Crippen molar-refractivity contribution in [2.45, 2.75) is 12.3 Å². The van der Waals surface area contributed by atoms with Crippen molar-refractivity contribution >= 4 is 5.97 Å². The zero-order valence-corrected chi connectivity index (χ0v) is 17.3. The third-order valence-corrected chi connectivity index (χ3v) is 5.04. The summed E-state index contributed by atoms with van der Waals surface area (Å²) in [7, 11) is 0. The van der Waals surface area contributed by atoms with E-state index in [1.807, 2.05) is 66.7 Å². The highest BCUT2D eigenvalue weighted by molar-refractivity contribution is 5.76. The van der Waals surface area contributed by atoms with Gasteiger partial charge in [0.25, 0.3) is 0 Å². The fraction of sp³-hybridized carbons (Fsp3) is 0.154. The average molecular weight is 429 g/mol. The fourth-order valence-corrected chi connectivity index (χ4v) is 3.51. The number of aliphatic hydroxyl groups is 1. The summed E-state index contributed by atoms with van der Waals surface area (Å²) in [5, 5.41) is 18.9. The Kier molecular flexibility index (Phi) is 6.63. The molecule has 1 heterocycles. The molecule has 0 saturated heterocycles. The molecule has 0 aliphatic rings. The molecule has 162 valence electrons. The molecule has 32 heavy (non-hydrogen) atoms. The van der Waals surface area contributed by atoms with Gasteiger partial charge in [0, 0.05) is 11.1 Å². The molecule has 0 fully saturated rings. The summed E-state index contributed by atoms with van der Waals surface area (Å²) < 4.78 is 11.5. The van der Waals surface area contributed by atoms with Crippen LogP contribution in [0, 0.1) is 0 Å². The minimum Gasteiger partial charge on any atom is -0.482 e. The van der Waals surface area contributed by atoms with Crippen molar-refractivity contribution < 1.29 is 24.2 Å². The van der Waals surface area contributed by atoms with Gasteiger partial charge in [0.15, 0.2) is 12.4 Å². The first-order chi connectivity index (χ1) is 15.6. The average Bonchev–Trinajstić information content (AvgIpc) is 3.28. The molecule has 2 N–H and O–H groups in total. The number of carboxylic acids is 1. The molecule has 4 aromatic rings. The minimum absolute atomic E-state index is 0.150. The Balaban J connectivity index is 1.65. The SMILES string of the molecule is O=C(O)COc1cccc(CC(CO)c2nc(-c3ccccc3)c(-c3ccccc3)o2)c1. The van der Waals surface area contributed by atoms with Gasteiger partial charge in [-0.2, -0.15) is 0 Å². The first kappa shape index (κ1) is 21.3. The van der Waals surface area contributed by atoms with Gasteiger partial charge in [-0.15, -0.1) is 0 Å². The number of hydrogen-bond acceptors (Lipinski definition) is 5. The molecule has 1 atom stereocenters. The van der Waals surface area contributed by atoms with E-state index in [1.165, 1.54) is 0 Å². The van der Waals surface area contributed by atoms with Gasteiger partial charge < -0.3 is 19.4 Å². The monoisotopic (exact) mass is 429 g/mol. The van der Waals surface area contributed by atoms with Crippen LogP contribution in [0.15, 0.2) is 89.3 Å². The molecule has 6 heteroatoms. The van der Waals surface area contributed by atoms with Crippen molar-refractivity contribution in [2.24, 2.45) is 0 Å². The first-order valence-corrected chi connectivity index (χ1v) is 10.3. The lowest BCUT2D eigenvalue weighted by molar-refractivity contribution is -0.139. The number of benzene rings is 3. The van der Waals surface area contributed by atoms with Crippen molar-refractivity contribution in [1.82, 2.24) is 4.98 Å². The second kappa shape index (κ2) is 9.94. The Bertz CT molecular complexity index is 1110. The number of aliphatic hydroxyl groups excluding tert-OH is 1. The molecule has 1 aromatic heterocycles. The Labute approximate surface area is 185 Å². The maximum absolute atomic E-state index is 10.8. The third kappa shape index (κ3) is 5.04. The van der Waals surface area contributed by atoms with Crippen LogP contribution in [0.5, 0.6) is 5.75 Å². The number of ether oxygens (including phenoxy) is 1. The van der Waals surface area contributed by atoms with Gasteiger partial charge in [0.05, 0.1) is 12.5 Å². The Hall–Kier alpha value is -3.90. The number of carboxylic acid groups (broad SMARTS) is 1. The van der Waals surface area contributed by atoms with Crippen LogP contribution < -0.4 is 4.74 Å². The normalized spacial score (nSPS) is 11.8. The van der Waals surface area contributed by atoms with Crippen LogP contribution in [-0.4, -0.2) is 34.4 Å². The number of rotatable bonds is 9. The molecule has 0 aliphatic carbocycles. The lowest BCUT2D eigenvalue weighted by Gasteiger charge is -2.12. The molecule has 0 bridgehead atoms. The predicted octanol–water partition coefficient (Wildman–Crippen LogP) is 4.79. The molecule has 4 rings (SSSR count). The van der Waals surface area contributed by atoms with Crippen molar-refractivity contribution in [1.29, 1.82) is 0 Å². The summed E-state index contributed by atoms with van der Waals surface area (Å²) in [5.41, 5.74) is 3.45. The van der Waals surface area contributed by atoms with Gasteiger partial charge in [-0.3, -0.25) is 0 Å². The van der Waals surface area contributed by atoms with Crippen LogP contribution in [0.2, 0.25) is 0 Å². The summed E-state index contributed by atoms with van der Waals surface area (Å²) in [5.74, 6) is 0.157. The fourth-order valence-electron chi connectivity index (χ4n) is 3.51. The van der Waals surface area contributed by atoms with Crippen molar-refractivity contribution in [3.63, 3.8) is 0 Å². The molecule has 0 radical (unpaired) electrons. The Morgan fingerprint density at radius 1 is 0.938 bits per heavy atom. The maximum atomic E-state index is 10.8. The summed E-state index contributed by atoms with van der Waals surface area (Å²) in [6.45, 7) is -0.559. The first-order valence-electron chi connectivity index (χ1n) is 10.3. The van der Waals surface area contributed by atoms with Crippen molar-refractivity contribution in [3.8, 4) is 28.3 Å². The molecular formula is C26H23NO5. The van der Waals surface area contributed by atoms with E-state index >= 15 is 0 Å². The molecular weight excluding hydrogens is 406 g/mol. The number of carbonyl (C=O) groups is 1. The Morgan fingerprint density at radius 3 is 2.28 bits per heavy atom. The Morgan fingerprint density at radius 2 is 1.62 bits per heavy atom. The molecule has 0 amide bonds. The summed E-state index contributed by atoms with van der Waals surface area (Å²) in [6.07, 6.45) is 0.462. The summed E-state index contributed by atoms with van der Waals surface area (Å²) >= 11 is 0. The van der Waals surface area contributed by atoms with E-state index in [1.54, 1.807) is 18.2 Å². The minimum atomic E-state index is -1.04. The van der Waals surface area contributed by atoms with E-state index in [4.69, 9.17) is 19.2 Å². The molecule has 0 aliphatic heterocycles. The van der Waals surface area contributed by atoms with Crippen LogP contribution in [-0.2, 0) is 11.2 Å². The number of oxazole rings is 1. The third-order valence-electron chi connectivity index (χ3n) is 5.04. The smallest absolute Gasteiger partial charge is 0.341 e. The highest BCUT2D eigenvalue weighted by Gasteiger charge is 2.23. The van der Waals surface area contributed by atoms with Crippen LogP contribution >= 0.6 is 0 Å². The van der Waals surface area contributed by atoms with Crippen LogP contribution in [0.3, 0.4) is 0 Å². The molecule has 0 spiro atoms. The van der Waals surface area contributed by atoms with Crippen molar-refractivity contribution in [3.05, 3.63) is 96.4 Å². The van der Waals surface area contributed by atoms with Gasteiger partial charge in [0.2, 0.25) is 5.89 Å². The number of aliphatic carboxylic acids is 1. The van der Waals surface area contributed by atoms with Gasteiger partial charge in [-0.05, 0) is 24.1 Å². The van der Waals surface area contributed by atoms with Gasteiger partial charge in [-0.1, -0.05) is 72.8 Å². The number of hydrogen-bond donors (Lipinski definition) is 2. The molecule has 6 nitrogen and oxygen atoms in total. The molecule has 0 saturated carbocycles. The van der Waals surface area contributed by atoms with E-state index in [2.05, 4.69) is 0 Å². The lowest BCUT2D eigenvalue weighted by atomic mass is 10.00. The van der Waals surface area contributed by atoms with E-state index in [9.17, 15) is 9.90 Å². The van der Waals surface area contributed by atoms with Crippen molar-refractivity contribution in [2.75, 3.05) is 13.2 Å².